The van der Waals surface area contributed by atoms with Crippen molar-refractivity contribution >= 4 is 0 Å². The molecule has 0 saturated heterocycles. The Kier molecular flexibility index (Phi) is 5.04. The lowest BCUT2D eigenvalue weighted by Crippen LogP contribution is -2.33. The minimum absolute atomic E-state index is 0.427. The van der Waals surface area contributed by atoms with Gasteiger partial charge >= 0.3 is 0 Å². The fourth-order valence-electron chi connectivity index (χ4n) is 5.45. The van der Waals surface area contributed by atoms with E-state index in [9.17, 15) is 4.39 Å². The van der Waals surface area contributed by atoms with Gasteiger partial charge in [0, 0.05) is 0 Å². The molecule has 20 heavy (non-hydrogen) atoms. The summed E-state index contributed by atoms with van der Waals surface area (Å²) in [5.41, 5.74) is 0. The van der Waals surface area contributed by atoms with Gasteiger partial charge < -0.3 is 0 Å². The number of hydrogen-bond donors (Lipinski definition) is 0. The van der Waals surface area contributed by atoms with Crippen LogP contribution in [0, 0.1) is 29.6 Å². The van der Waals surface area contributed by atoms with E-state index >= 15 is 0 Å². The Bertz CT molecular complexity index is 284. The zero-order chi connectivity index (χ0) is 13.9. The topological polar surface area (TPSA) is 0 Å². The first-order chi connectivity index (χ1) is 9.74. The molecule has 0 bridgehead atoms. The molecule has 2 atom stereocenters. The van der Waals surface area contributed by atoms with Crippen LogP contribution in [0.5, 0.6) is 0 Å². The van der Waals surface area contributed by atoms with Crippen molar-refractivity contribution in [2.45, 2.75) is 90.1 Å². The molecule has 0 radical (unpaired) electrons. The van der Waals surface area contributed by atoms with Crippen molar-refractivity contribution in [2.75, 3.05) is 0 Å². The van der Waals surface area contributed by atoms with Gasteiger partial charge in [-0.2, -0.15) is 0 Å². The maximum absolute atomic E-state index is 14.1. The van der Waals surface area contributed by atoms with E-state index in [0.29, 0.717) is 5.92 Å². The SMILES string of the molecule is CC1CCC(C2CCC(C3CCCCC3F)CC2)CC1. The van der Waals surface area contributed by atoms with Gasteiger partial charge in [-0.3, -0.25) is 0 Å². The number of alkyl halides is 1. The van der Waals surface area contributed by atoms with Gasteiger partial charge in [0.2, 0.25) is 0 Å². The second-order valence-electron chi connectivity index (χ2n) is 8.16. The van der Waals surface area contributed by atoms with Gasteiger partial charge in [0.25, 0.3) is 0 Å². The molecule has 0 aromatic carbocycles. The van der Waals surface area contributed by atoms with Crippen LogP contribution in [0.15, 0.2) is 0 Å². The molecule has 2 unspecified atom stereocenters. The lowest BCUT2D eigenvalue weighted by Gasteiger charge is -2.41. The van der Waals surface area contributed by atoms with E-state index in [0.717, 1.165) is 36.5 Å². The molecule has 3 rings (SSSR count). The Balaban J connectivity index is 1.47. The van der Waals surface area contributed by atoms with Crippen LogP contribution >= 0.6 is 0 Å². The van der Waals surface area contributed by atoms with Crippen LogP contribution in [0.3, 0.4) is 0 Å². The van der Waals surface area contributed by atoms with Gasteiger partial charge in [-0.05, 0) is 81.0 Å². The molecule has 1 heteroatoms. The molecule has 3 fully saturated rings. The molecular formula is C19H33F. The summed E-state index contributed by atoms with van der Waals surface area (Å²) < 4.78 is 14.1. The van der Waals surface area contributed by atoms with Crippen molar-refractivity contribution < 1.29 is 4.39 Å². The highest BCUT2D eigenvalue weighted by molar-refractivity contribution is 4.87. The van der Waals surface area contributed by atoms with Crippen LogP contribution < -0.4 is 0 Å². The third kappa shape index (κ3) is 3.39. The average molecular weight is 280 g/mol. The molecule has 0 N–H and O–H groups in total. The predicted molar refractivity (Wildman–Crippen MR) is 83.4 cm³/mol. The second kappa shape index (κ2) is 6.79. The number of halogens is 1. The third-order valence-corrected chi connectivity index (χ3v) is 6.88. The molecule has 116 valence electrons. The first-order valence-corrected chi connectivity index (χ1v) is 9.38. The molecule has 0 spiro atoms. The third-order valence-electron chi connectivity index (χ3n) is 6.88. The van der Waals surface area contributed by atoms with Gasteiger partial charge in [-0.1, -0.05) is 32.6 Å². The van der Waals surface area contributed by atoms with E-state index < -0.39 is 6.17 Å². The summed E-state index contributed by atoms with van der Waals surface area (Å²) in [5.74, 6) is 4.12. The zero-order valence-corrected chi connectivity index (χ0v) is 13.3. The summed E-state index contributed by atoms with van der Waals surface area (Å²) in [6.07, 6.45) is 15.3. The molecule has 3 saturated carbocycles. The van der Waals surface area contributed by atoms with E-state index in [1.54, 1.807) is 0 Å². The van der Waals surface area contributed by atoms with Crippen LogP contribution in [0.4, 0.5) is 4.39 Å². The summed E-state index contributed by atoms with van der Waals surface area (Å²) in [4.78, 5) is 0. The fraction of sp³-hybridized carbons (Fsp3) is 1.00. The van der Waals surface area contributed by atoms with Crippen LogP contribution in [-0.2, 0) is 0 Å². The minimum Gasteiger partial charge on any atom is -0.247 e. The summed E-state index contributed by atoms with van der Waals surface area (Å²) in [6.45, 7) is 2.41. The fourth-order valence-corrected chi connectivity index (χ4v) is 5.45. The molecule has 0 heterocycles. The molecule has 0 amide bonds. The van der Waals surface area contributed by atoms with E-state index in [1.165, 1.54) is 64.2 Å². The molecule has 3 aliphatic rings. The molecule has 0 aliphatic heterocycles. The smallest absolute Gasteiger partial charge is 0.103 e. The normalized spacial score (nSPS) is 47.1. The Morgan fingerprint density at radius 1 is 0.600 bits per heavy atom. The number of hydrogen-bond acceptors (Lipinski definition) is 0. The quantitative estimate of drug-likeness (QED) is 0.569. The maximum Gasteiger partial charge on any atom is 0.103 e. The largest absolute Gasteiger partial charge is 0.247 e. The molecular weight excluding hydrogens is 247 g/mol. The lowest BCUT2D eigenvalue weighted by atomic mass is 9.65. The van der Waals surface area contributed by atoms with Crippen LogP contribution in [-0.4, -0.2) is 6.17 Å². The summed E-state index contributed by atoms with van der Waals surface area (Å²) in [7, 11) is 0. The van der Waals surface area contributed by atoms with Gasteiger partial charge in [0.1, 0.15) is 6.17 Å². The Morgan fingerprint density at radius 2 is 1.10 bits per heavy atom. The molecule has 3 aliphatic carbocycles. The highest BCUT2D eigenvalue weighted by atomic mass is 19.1. The number of rotatable bonds is 2. The molecule has 0 nitrogen and oxygen atoms in total. The summed E-state index contributed by atoms with van der Waals surface area (Å²) >= 11 is 0. The Morgan fingerprint density at radius 3 is 1.70 bits per heavy atom. The Hall–Kier alpha value is -0.0700. The maximum atomic E-state index is 14.1. The molecule has 0 aromatic heterocycles. The van der Waals surface area contributed by atoms with Gasteiger partial charge in [-0.25, -0.2) is 4.39 Å². The van der Waals surface area contributed by atoms with Crippen molar-refractivity contribution in [1.82, 2.24) is 0 Å². The van der Waals surface area contributed by atoms with Gasteiger partial charge in [0.15, 0.2) is 0 Å². The van der Waals surface area contributed by atoms with Crippen LogP contribution in [0.25, 0.3) is 0 Å². The van der Waals surface area contributed by atoms with Crippen molar-refractivity contribution in [2.24, 2.45) is 29.6 Å². The monoisotopic (exact) mass is 280 g/mol. The predicted octanol–water partition coefficient (Wildman–Crippen LogP) is 6.15. The van der Waals surface area contributed by atoms with Gasteiger partial charge in [-0.15, -0.1) is 0 Å². The standard InChI is InChI=1S/C19H33F/c1-14-6-8-15(9-7-14)16-10-12-17(13-11-16)18-4-2-3-5-19(18)20/h14-19H,2-13H2,1H3. The second-order valence-corrected chi connectivity index (χ2v) is 8.16. The summed E-state index contributed by atoms with van der Waals surface area (Å²) in [6, 6.07) is 0. The highest BCUT2D eigenvalue weighted by Crippen LogP contribution is 2.45. The highest BCUT2D eigenvalue weighted by Gasteiger charge is 2.36. The van der Waals surface area contributed by atoms with Crippen molar-refractivity contribution in [3.05, 3.63) is 0 Å². The first-order valence-electron chi connectivity index (χ1n) is 9.38. The summed E-state index contributed by atoms with van der Waals surface area (Å²) in [5, 5.41) is 0. The van der Waals surface area contributed by atoms with Crippen molar-refractivity contribution in [3.63, 3.8) is 0 Å². The average Bonchev–Trinajstić information content (AvgIpc) is 2.49. The van der Waals surface area contributed by atoms with Gasteiger partial charge in [0.05, 0.1) is 0 Å². The minimum atomic E-state index is -0.471. The van der Waals surface area contributed by atoms with Crippen LogP contribution in [0.2, 0.25) is 0 Å². The Labute approximate surface area is 124 Å². The lowest BCUT2D eigenvalue weighted by molar-refractivity contribution is 0.0654. The van der Waals surface area contributed by atoms with E-state index in [4.69, 9.17) is 0 Å². The van der Waals surface area contributed by atoms with E-state index in [2.05, 4.69) is 6.92 Å². The molecule has 0 aromatic rings. The van der Waals surface area contributed by atoms with Crippen molar-refractivity contribution in [1.29, 1.82) is 0 Å². The van der Waals surface area contributed by atoms with E-state index in [-0.39, 0.29) is 0 Å². The van der Waals surface area contributed by atoms with Crippen LogP contribution in [0.1, 0.15) is 84.0 Å². The van der Waals surface area contributed by atoms with Crippen molar-refractivity contribution in [3.8, 4) is 0 Å². The van der Waals surface area contributed by atoms with E-state index in [1.807, 2.05) is 0 Å². The first kappa shape index (κ1) is 14.9. The zero-order valence-electron chi connectivity index (χ0n) is 13.3.